The molecule has 2 rings (SSSR count). The van der Waals surface area contributed by atoms with Gasteiger partial charge in [-0.05, 0) is 24.4 Å². The van der Waals surface area contributed by atoms with Gasteiger partial charge in [-0.1, -0.05) is 13.0 Å². The zero-order chi connectivity index (χ0) is 11.2. The van der Waals surface area contributed by atoms with Crippen LogP contribution < -0.4 is 5.32 Å². The highest BCUT2D eigenvalue weighted by molar-refractivity contribution is 8.06. The minimum Gasteiger partial charge on any atom is -0.308 e. The van der Waals surface area contributed by atoms with Crippen molar-refractivity contribution in [3.8, 4) is 0 Å². The number of thiophene rings is 1. The molecule has 1 fully saturated rings. The third-order valence-electron chi connectivity index (χ3n) is 2.68. The first-order chi connectivity index (χ1) is 7.92. The number of thioether (sulfide) groups is 2. The summed E-state index contributed by atoms with van der Waals surface area (Å²) in [5.41, 5.74) is 0. The number of hydrogen-bond donors (Lipinski definition) is 1. The summed E-state index contributed by atoms with van der Waals surface area (Å²) in [6, 6.07) is 5.01. The van der Waals surface area contributed by atoms with E-state index in [1.165, 1.54) is 28.6 Å². The molecule has 1 aromatic heterocycles. The highest BCUT2D eigenvalue weighted by Crippen LogP contribution is 2.35. The summed E-state index contributed by atoms with van der Waals surface area (Å²) in [4.78, 5) is 1.51. The van der Waals surface area contributed by atoms with Crippen LogP contribution in [0.1, 0.15) is 24.3 Å². The topological polar surface area (TPSA) is 12.0 Å². The fourth-order valence-corrected chi connectivity index (χ4v) is 5.69. The summed E-state index contributed by atoms with van der Waals surface area (Å²) in [6.07, 6.45) is 1.21. The molecule has 16 heavy (non-hydrogen) atoms. The Morgan fingerprint density at radius 2 is 2.44 bits per heavy atom. The number of hydrogen-bond acceptors (Lipinski definition) is 4. The van der Waals surface area contributed by atoms with E-state index < -0.39 is 0 Å². The van der Waals surface area contributed by atoms with Gasteiger partial charge in [0.15, 0.2) is 0 Å². The van der Waals surface area contributed by atoms with E-state index in [0.717, 1.165) is 11.8 Å². The van der Waals surface area contributed by atoms with Gasteiger partial charge in [0, 0.05) is 27.4 Å². The van der Waals surface area contributed by atoms with Crippen molar-refractivity contribution >= 4 is 34.9 Å². The second-order valence-corrected chi connectivity index (χ2v) is 7.41. The summed E-state index contributed by atoms with van der Waals surface area (Å²) < 4.78 is 0. The quantitative estimate of drug-likeness (QED) is 0.880. The standard InChI is InChI=1S/C12H19NS3/c1-2-5-13-12(10-4-3-6-15-10)11-9-14-7-8-16-11/h3-4,6,11-13H,2,5,7-9H2,1H3. The minimum absolute atomic E-state index is 0.567. The van der Waals surface area contributed by atoms with E-state index in [0.29, 0.717) is 6.04 Å². The maximum Gasteiger partial charge on any atom is 0.0543 e. The monoisotopic (exact) mass is 273 g/mol. The van der Waals surface area contributed by atoms with Crippen LogP contribution in [0.4, 0.5) is 0 Å². The summed E-state index contributed by atoms with van der Waals surface area (Å²) in [5.74, 6) is 3.93. The van der Waals surface area contributed by atoms with Gasteiger partial charge in [0.25, 0.3) is 0 Å². The molecular weight excluding hydrogens is 254 g/mol. The molecule has 0 aliphatic carbocycles. The van der Waals surface area contributed by atoms with Gasteiger partial charge in [-0.25, -0.2) is 0 Å². The molecular formula is C12H19NS3. The van der Waals surface area contributed by atoms with Crippen molar-refractivity contribution in [2.24, 2.45) is 0 Å². The zero-order valence-corrected chi connectivity index (χ0v) is 12.1. The Kier molecular flexibility index (Phi) is 5.56. The van der Waals surface area contributed by atoms with Gasteiger partial charge in [-0.15, -0.1) is 11.3 Å². The molecule has 1 aromatic rings. The molecule has 0 bridgehead atoms. The lowest BCUT2D eigenvalue weighted by molar-refractivity contribution is 0.537. The van der Waals surface area contributed by atoms with Gasteiger partial charge in [-0.3, -0.25) is 0 Å². The highest BCUT2D eigenvalue weighted by atomic mass is 32.2. The van der Waals surface area contributed by atoms with E-state index in [1.54, 1.807) is 0 Å². The molecule has 0 aromatic carbocycles. The molecule has 2 heterocycles. The molecule has 1 nitrogen and oxygen atoms in total. The summed E-state index contributed by atoms with van der Waals surface area (Å²) >= 11 is 6.14. The van der Waals surface area contributed by atoms with Gasteiger partial charge >= 0.3 is 0 Å². The van der Waals surface area contributed by atoms with Crippen LogP contribution in [-0.2, 0) is 0 Å². The molecule has 1 aliphatic heterocycles. The Morgan fingerprint density at radius 3 is 3.06 bits per heavy atom. The van der Waals surface area contributed by atoms with Gasteiger partial charge in [0.2, 0.25) is 0 Å². The molecule has 4 heteroatoms. The summed E-state index contributed by atoms with van der Waals surface area (Å²) in [7, 11) is 0. The van der Waals surface area contributed by atoms with Crippen molar-refractivity contribution in [1.82, 2.24) is 5.32 Å². The second-order valence-electron chi connectivity index (χ2n) is 3.93. The first-order valence-corrected chi connectivity index (χ1v) is 8.96. The molecule has 2 unspecified atom stereocenters. The third-order valence-corrected chi connectivity index (χ3v) is 6.50. The second kappa shape index (κ2) is 6.94. The summed E-state index contributed by atoms with van der Waals surface area (Å²) in [5, 5.41) is 6.66. The van der Waals surface area contributed by atoms with Crippen molar-refractivity contribution in [2.75, 3.05) is 23.8 Å². The van der Waals surface area contributed by atoms with Crippen LogP contribution in [0.2, 0.25) is 0 Å². The molecule has 1 aliphatic rings. The van der Waals surface area contributed by atoms with Crippen LogP contribution in [0.3, 0.4) is 0 Å². The van der Waals surface area contributed by atoms with Gasteiger partial charge in [0.05, 0.1) is 6.04 Å². The molecule has 0 radical (unpaired) electrons. The Hall–Kier alpha value is 0.360. The molecule has 0 amide bonds. The van der Waals surface area contributed by atoms with E-state index in [2.05, 4.69) is 53.3 Å². The molecule has 2 atom stereocenters. The molecule has 0 spiro atoms. The van der Waals surface area contributed by atoms with Crippen LogP contribution in [0.5, 0.6) is 0 Å². The maximum atomic E-state index is 3.72. The fraction of sp³-hybridized carbons (Fsp3) is 0.667. The Morgan fingerprint density at radius 1 is 1.50 bits per heavy atom. The van der Waals surface area contributed by atoms with E-state index in [9.17, 15) is 0 Å². The average Bonchev–Trinajstić information content (AvgIpc) is 2.85. The van der Waals surface area contributed by atoms with Crippen LogP contribution in [0, 0.1) is 0 Å². The zero-order valence-electron chi connectivity index (χ0n) is 9.65. The van der Waals surface area contributed by atoms with Crippen LogP contribution in [-0.4, -0.2) is 29.1 Å². The Labute approximate surface area is 111 Å². The average molecular weight is 273 g/mol. The number of rotatable bonds is 5. The molecule has 1 N–H and O–H groups in total. The van der Waals surface area contributed by atoms with E-state index in [4.69, 9.17) is 0 Å². The SMILES string of the molecule is CCCNC(c1cccs1)C1CSCCS1. The van der Waals surface area contributed by atoms with Gasteiger partial charge in [-0.2, -0.15) is 23.5 Å². The predicted molar refractivity (Wildman–Crippen MR) is 78.9 cm³/mol. The van der Waals surface area contributed by atoms with Crippen molar-refractivity contribution in [3.63, 3.8) is 0 Å². The molecule has 90 valence electrons. The van der Waals surface area contributed by atoms with Crippen LogP contribution in [0.15, 0.2) is 17.5 Å². The number of nitrogens with one attached hydrogen (secondary N) is 1. The first-order valence-electron chi connectivity index (χ1n) is 5.88. The van der Waals surface area contributed by atoms with E-state index >= 15 is 0 Å². The van der Waals surface area contributed by atoms with E-state index in [-0.39, 0.29) is 0 Å². The lowest BCUT2D eigenvalue weighted by Gasteiger charge is -2.29. The largest absolute Gasteiger partial charge is 0.308 e. The third kappa shape index (κ3) is 3.42. The van der Waals surface area contributed by atoms with Crippen LogP contribution >= 0.6 is 34.9 Å². The molecule has 0 saturated carbocycles. The lowest BCUT2D eigenvalue weighted by atomic mass is 10.2. The van der Waals surface area contributed by atoms with Crippen molar-refractivity contribution < 1.29 is 0 Å². The Balaban J connectivity index is 2.01. The highest BCUT2D eigenvalue weighted by Gasteiger charge is 2.25. The maximum absolute atomic E-state index is 3.72. The smallest absolute Gasteiger partial charge is 0.0543 e. The first kappa shape index (κ1) is 12.8. The van der Waals surface area contributed by atoms with Crippen molar-refractivity contribution in [1.29, 1.82) is 0 Å². The van der Waals surface area contributed by atoms with Crippen LogP contribution in [0.25, 0.3) is 0 Å². The van der Waals surface area contributed by atoms with Crippen molar-refractivity contribution in [3.05, 3.63) is 22.4 Å². The normalized spacial score (nSPS) is 23.2. The van der Waals surface area contributed by atoms with E-state index in [1.807, 2.05) is 11.3 Å². The lowest BCUT2D eigenvalue weighted by Crippen LogP contribution is -2.33. The minimum atomic E-state index is 0.567. The Bertz CT molecular complexity index is 280. The van der Waals surface area contributed by atoms with Crippen molar-refractivity contribution in [2.45, 2.75) is 24.6 Å². The van der Waals surface area contributed by atoms with Gasteiger partial charge < -0.3 is 5.32 Å². The summed E-state index contributed by atoms with van der Waals surface area (Å²) in [6.45, 7) is 3.37. The molecule has 1 saturated heterocycles. The predicted octanol–water partition coefficient (Wildman–Crippen LogP) is 3.64. The fourth-order valence-electron chi connectivity index (χ4n) is 1.88. The van der Waals surface area contributed by atoms with Gasteiger partial charge in [0.1, 0.15) is 0 Å².